The average Bonchev–Trinajstić information content (AvgIpc) is 3.00. The van der Waals surface area contributed by atoms with E-state index < -0.39 is 17.7 Å². The first-order valence-electron chi connectivity index (χ1n) is 8.18. The Morgan fingerprint density at radius 2 is 1.92 bits per heavy atom. The van der Waals surface area contributed by atoms with Gasteiger partial charge in [0.2, 0.25) is 0 Å². The Kier molecular flexibility index (Phi) is 6.52. The Morgan fingerprint density at radius 3 is 2.54 bits per heavy atom. The SMILES string of the molecule is CCOC(=O)/C(=C\c1ccccc1)c1csc(NC(=O)OC(C)(C)C)n1. The fraction of sp³-hybridized carbons (Fsp3) is 0.316. The van der Waals surface area contributed by atoms with Gasteiger partial charge in [-0.1, -0.05) is 30.3 Å². The molecule has 0 aliphatic heterocycles. The third-order valence-electron chi connectivity index (χ3n) is 2.99. The van der Waals surface area contributed by atoms with E-state index in [1.54, 1.807) is 39.2 Å². The van der Waals surface area contributed by atoms with Crippen LogP contribution in [0.25, 0.3) is 11.6 Å². The number of nitrogens with one attached hydrogen (secondary N) is 1. The normalized spacial score (nSPS) is 11.8. The molecule has 1 aromatic heterocycles. The van der Waals surface area contributed by atoms with Crippen LogP contribution >= 0.6 is 11.3 Å². The Morgan fingerprint density at radius 1 is 1.23 bits per heavy atom. The van der Waals surface area contributed by atoms with E-state index in [1.165, 1.54) is 11.3 Å². The molecule has 0 fully saturated rings. The highest BCUT2D eigenvalue weighted by Gasteiger charge is 2.20. The molecule has 7 heteroatoms. The van der Waals surface area contributed by atoms with Crippen molar-refractivity contribution in [3.05, 3.63) is 47.0 Å². The monoisotopic (exact) mass is 374 g/mol. The van der Waals surface area contributed by atoms with Crippen molar-refractivity contribution >= 4 is 40.2 Å². The molecule has 0 saturated carbocycles. The number of benzene rings is 1. The molecule has 0 atom stereocenters. The average molecular weight is 374 g/mol. The number of hydrogen-bond acceptors (Lipinski definition) is 6. The second-order valence-corrected chi connectivity index (χ2v) is 7.21. The van der Waals surface area contributed by atoms with Gasteiger partial charge >= 0.3 is 12.1 Å². The quantitative estimate of drug-likeness (QED) is 0.611. The fourth-order valence-electron chi connectivity index (χ4n) is 2.01. The van der Waals surface area contributed by atoms with Crippen molar-refractivity contribution in [1.29, 1.82) is 0 Å². The van der Waals surface area contributed by atoms with Gasteiger partial charge in [-0.3, -0.25) is 5.32 Å². The number of nitrogens with zero attached hydrogens (tertiary/aromatic N) is 1. The fourth-order valence-corrected chi connectivity index (χ4v) is 2.70. The summed E-state index contributed by atoms with van der Waals surface area (Å²) >= 11 is 1.21. The Bertz CT molecular complexity index is 791. The maximum absolute atomic E-state index is 12.3. The van der Waals surface area contributed by atoms with Crippen LogP contribution in [0.2, 0.25) is 0 Å². The molecule has 138 valence electrons. The number of esters is 1. The molecule has 0 unspecified atom stereocenters. The molecule has 0 aliphatic carbocycles. The lowest BCUT2D eigenvalue weighted by Crippen LogP contribution is -2.27. The number of ether oxygens (including phenoxy) is 2. The van der Waals surface area contributed by atoms with Crippen molar-refractivity contribution in [3.63, 3.8) is 0 Å². The zero-order chi connectivity index (χ0) is 19.2. The number of aromatic nitrogens is 1. The molecule has 1 aromatic carbocycles. The maximum atomic E-state index is 12.3. The molecule has 0 spiro atoms. The van der Waals surface area contributed by atoms with Crippen molar-refractivity contribution in [2.45, 2.75) is 33.3 Å². The van der Waals surface area contributed by atoms with Gasteiger partial charge < -0.3 is 9.47 Å². The van der Waals surface area contributed by atoms with E-state index in [1.807, 2.05) is 30.3 Å². The molecule has 0 bridgehead atoms. The highest BCUT2D eigenvalue weighted by atomic mass is 32.1. The first kappa shape index (κ1) is 19.7. The lowest BCUT2D eigenvalue weighted by Gasteiger charge is -2.18. The number of hydrogen-bond donors (Lipinski definition) is 1. The summed E-state index contributed by atoms with van der Waals surface area (Å²) in [6.45, 7) is 7.34. The molecular formula is C19H22N2O4S. The zero-order valence-corrected chi connectivity index (χ0v) is 16.1. The van der Waals surface area contributed by atoms with Gasteiger partial charge in [0.15, 0.2) is 5.13 Å². The highest BCUT2D eigenvalue weighted by Crippen LogP contribution is 2.25. The smallest absolute Gasteiger partial charge is 0.413 e. The van der Waals surface area contributed by atoms with Gasteiger partial charge in [-0.05, 0) is 39.3 Å². The van der Waals surface area contributed by atoms with Gasteiger partial charge in [-0.15, -0.1) is 11.3 Å². The molecule has 0 radical (unpaired) electrons. The molecule has 2 rings (SSSR count). The minimum absolute atomic E-state index is 0.262. The summed E-state index contributed by atoms with van der Waals surface area (Å²) in [4.78, 5) is 28.5. The number of thiazole rings is 1. The Balaban J connectivity index is 2.24. The van der Waals surface area contributed by atoms with E-state index in [4.69, 9.17) is 9.47 Å². The van der Waals surface area contributed by atoms with Crippen LogP contribution in [0.3, 0.4) is 0 Å². The van der Waals surface area contributed by atoms with Crippen LogP contribution in [0.15, 0.2) is 35.7 Å². The van der Waals surface area contributed by atoms with E-state index in [2.05, 4.69) is 10.3 Å². The van der Waals surface area contributed by atoms with E-state index >= 15 is 0 Å². The molecule has 6 nitrogen and oxygen atoms in total. The molecule has 0 aliphatic rings. The highest BCUT2D eigenvalue weighted by molar-refractivity contribution is 7.14. The van der Waals surface area contributed by atoms with Crippen LogP contribution in [0.4, 0.5) is 9.93 Å². The maximum Gasteiger partial charge on any atom is 0.413 e. The molecular weight excluding hydrogens is 352 g/mol. The third-order valence-corrected chi connectivity index (χ3v) is 3.75. The summed E-state index contributed by atoms with van der Waals surface area (Å²) in [5.74, 6) is -0.467. The molecule has 1 N–H and O–H groups in total. The van der Waals surface area contributed by atoms with Crippen molar-refractivity contribution < 1.29 is 19.1 Å². The first-order valence-corrected chi connectivity index (χ1v) is 9.06. The minimum atomic E-state index is -0.604. The number of amides is 1. The number of carbonyl (C=O) groups is 2. The second-order valence-electron chi connectivity index (χ2n) is 6.35. The summed E-state index contributed by atoms with van der Waals surface area (Å²) in [6, 6.07) is 9.42. The Hall–Kier alpha value is -2.67. The number of carbonyl (C=O) groups excluding carboxylic acids is 2. The lowest BCUT2D eigenvalue weighted by molar-refractivity contribution is -0.136. The van der Waals surface area contributed by atoms with Gasteiger partial charge in [0.1, 0.15) is 5.60 Å². The van der Waals surface area contributed by atoms with Crippen molar-refractivity contribution in [3.8, 4) is 0 Å². The number of anilines is 1. The molecule has 0 saturated heterocycles. The van der Waals surface area contributed by atoms with Crippen LogP contribution in [-0.2, 0) is 14.3 Å². The molecule has 1 amide bonds. The van der Waals surface area contributed by atoms with Crippen LogP contribution < -0.4 is 5.32 Å². The topological polar surface area (TPSA) is 77.5 Å². The predicted molar refractivity (Wildman–Crippen MR) is 103 cm³/mol. The summed E-state index contributed by atoms with van der Waals surface area (Å²) in [7, 11) is 0. The summed E-state index contributed by atoms with van der Waals surface area (Å²) in [6.07, 6.45) is 1.12. The van der Waals surface area contributed by atoms with Crippen LogP contribution in [0.1, 0.15) is 39.0 Å². The van der Waals surface area contributed by atoms with E-state index in [9.17, 15) is 9.59 Å². The predicted octanol–water partition coefficient (Wildman–Crippen LogP) is 4.59. The Labute approximate surface area is 156 Å². The standard InChI is InChI=1S/C19H22N2O4S/c1-5-24-16(22)14(11-13-9-7-6-8-10-13)15-12-26-17(20-15)21-18(23)25-19(2,3)4/h6-12H,5H2,1-4H3,(H,20,21,23)/b14-11-. The largest absolute Gasteiger partial charge is 0.462 e. The summed E-state index contributed by atoms with van der Waals surface area (Å²) in [5, 5.41) is 4.61. The van der Waals surface area contributed by atoms with E-state index in [-0.39, 0.29) is 6.61 Å². The van der Waals surface area contributed by atoms with Crippen molar-refractivity contribution in [2.75, 3.05) is 11.9 Å². The van der Waals surface area contributed by atoms with Crippen molar-refractivity contribution in [2.24, 2.45) is 0 Å². The zero-order valence-electron chi connectivity index (χ0n) is 15.2. The lowest BCUT2D eigenvalue weighted by atomic mass is 10.1. The van der Waals surface area contributed by atoms with Crippen LogP contribution in [-0.4, -0.2) is 29.3 Å². The van der Waals surface area contributed by atoms with E-state index in [0.29, 0.717) is 16.4 Å². The van der Waals surface area contributed by atoms with Gasteiger partial charge in [-0.25, -0.2) is 14.6 Å². The molecule has 2 aromatic rings. The summed E-state index contributed by atoms with van der Waals surface area (Å²) in [5.41, 5.74) is 1.01. The van der Waals surface area contributed by atoms with Gasteiger partial charge in [-0.2, -0.15) is 0 Å². The van der Waals surface area contributed by atoms with Gasteiger partial charge in [0.05, 0.1) is 17.9 Å². The molecule has 26 heavy (non-hydrogen) atoms. The van der Waals surface area contributed by atoms with Crippen molar-refractivity contribution in [1.82, 2.24) is 4.98 Å². The second kappa shape index (κ2) is 8.62. The summed E-state index contributed by atoms with van der Waals surface area (Å²) < 4.78 is 10.3. The van der Waals surface area contributed by atoms with Crippen LogP contribution in [0.5, 0.6) is 0 Å². The van der Waals surface area contributed by atoms with Crippen LogP contribution in [0, 0.1) is 0 Å². The van der Waals surface area contributed by atoms with E-state index in [0.717, 1.165) is 5.56 Å². The van der Waals surface area contributed by atoms with Gasteiger partial charge in [0, 0.05) is 5.38 Å². The minimum Gasteiger partial charge on any atom is -0.462 e. The number of rotatable bonds is 5. The van der Waals surface area contributed by atoms with Gasteiger partial charge in [0.25, 0.3) is 0 Å². The third kappa shape index (κ3) is 6.00. The first-order chi connectivity index (χ1) is 12.3. The molecule has 1 heterocycles.